The summed E-state index contributed by atoms with van der Waals surface area (Å²) < 4.78 is 45.3. The number of benzene rings is 1. The van der Waals surface area contributed by atoms with Crippen molar-refractivity contribution < 1.29 is 17.5 Å². The number of sulfone groups is 1. The molecule has 0 aromatic heterocycles. The molecule has 1 fully saturated rings. The smallest absolute Gasteiger partial charge is 0.179 e. The second-order valence-corrected chi connectivity index (χ2v) is 12.4. The van der Waals surface area contributed by atoms with Gasteiger partial charge in [0.25, 0.3) is 0 Å². The molecule has 0 saturated heterocycles. The standard InChI is InChI=1S/C23H37FO3S/c1-22(2,3)13-7-6-8-14-23(4,5)17-28(25,26)19-11-12-20(24)21(15-19)27-16-18-9-10-18/h11-12,15,18H,6-10,13-14,16-17H2,1-5H3. The molecule has 0 amide bonds. The molecule has 5 heteroatoms. The Bertz CT molecular complexity index is 744. The number of halogens is 1. The fourth-order valence-corrected chi connectivity index (χ4v) is 5.29. The Kier molecular flexibility index (Phi) is 7.57. The van der Waals surface area contributed by atoms with Crippen molar-refractivity contribution in [1.82, 2.24) is 0 Å². The van der Waals surface area contributed by atoms with E-state index in [2.05, 4.69) is 20.8 Å². The molecule has 28 heavy (non-hydrogen) atoms. The minimum absolute atomic E-state index is 0.0490. The SMILES string of the molecule is CC(C)(C)CCCCCC(C)(C)CS(=O)(=O)c1ccc(F)c(OCC2CC2)c1. The Morgan fingerprint density at radius 3 is 2.29 bits per heavy atom. The first-order valence-corrected chi connectivity index (χ1v) is 12.2. The first-order valence-electron chi connectivity index (χ1n) is 10.5. The molecule has 0 aliphatic heterocycles. The van der Waals surface area contributed by atoms with E-state index in [0.29, 0.717) is 17.9 Å². The molecular formula is C23H37FO3S. The lowest BCUT2D eigenvalue weighted by molar-refractivity contribution is 0.284. The van der Waals surface area contributed by atoms with Crippen LogP contribution in [0.3, 0.4) is 0 Å². The molecule has 0 radical (unpaired) electrons. The molecule has 1 aromatic carbocycles. The molecular weight excluding hydrogens is 375 g/mol. The Hall–Kier alpha value is -1.10. The van der Waals surface area contributed by atoms with Crippen LogP contribution in [0.25, 0.3) is 0 Å². The van der Waals surface area contributed by atoms with Crippen LogP contribution in [-0.4, -0.2) is 20.8 Å². The van der Waals surface area contributed by atoms with E-state index in [1.54, 1.807) is 0 Å². The van der Waals surface area contributed by atoms with Gasteiger partial charge in [-0.2, -0.15) is 0 Å². The summed E-state index contributed by atoms with van der Waals surface area (Å²) in [5.74, 6) is 0.0926. The van der Waals surface area contributed by atoms with E-state index in [-0.39, 0.29) is 21.8 Å². The normalized spacial score (nSPS) is 15.6. The Balaban J connectivity index is 1.92. The molecule has 0 bridgehead atoms. The van der Waals surface area contributed by atoms with Crippen LogP contribution in [0.5, 0.6) is 5.75 Å². The molecule has 0 unspecified atom stereocenters. The van der Waals surface area contributed by atoms with Gasteiger partial charge in [-0.1, -0.05) is 53.9 Å². The fraction of sp³-hybridized carbons (Fsp3) is 0.739. The number of hydrogen-bond donors (Lipinski definition) is 0. The van der Waals surface area contributed by atoms with Gasteiger partial charge in [0.1, 0.15) is 0 Å². The Morgan fingerprint density at radius 2 is 1.68 bits per heavy atom. The Labute approximate surface area is 171 Å². The highest BCUT2D eigenvalue weighted by atomic mass is 32.2. The molecule has 1 aliphatic rings. The van der Waals surface area contributed by atoms with Crippen LogP contribution >= 0.6 is 0 Å². The van der Waals surface area contributed by atoms with Crippen LogP contribution in [-0.2, 0) is 9.84 Å². The molecule has 0 atom stereocenters. The van der Waals surface area contributed by atoms with Crippen LogP contribution in [0.15, 0.2) is 23.1 Å². The number of hydrogen-bond acceptors (Lipinski definition) is 3. The Morgan fingerprint density at radius 1 is 1.04 bits per heavy atom. The third-order valence-electron chi connectivity index (χ3n) is 5.29. The van der Waals surface area contributed by atoms with Gasteiger partial charge in [-0.3, -0.25) is 0 Å². The molecule has 1 saturated carbocycles. The number of rotatable bonds is 11. The van der Waals surface area contributed by atoms with E-state index >= 15 is 0 Å². The lowest BCUT2D eigenvalue weighted by atomic mass is 9.86. The zero-order valence-corrected chi connectivity index (χ0v) is 19.0. The highest BCUT2D eigenvalue weighted by Gasteiger charge is 2.28. The largest absolute Gasteiger partial charge is 0.490 e. The van der Waals surface area contributed by atoms with Gasteiger partial charge in [-0.25, -0.2) is 12.8 Å². The molecule has 1 aliphatic carbocycles. The van der Waals surface area contributed by atoms with E-state index in [1.165, 1.54) is 31.0 Å². The van der Waals surface area contributed by atoms with E-state index < -0.39 is 15.7 Å². The van der Waals surface area contributed by atoms with Crippen LogP contribution in [0, 0.1) is 22.6 Å². The molecule has 0 spiro atoms. The van der Waals surface area contributed by atoms with Gasteiger partial charge >= 0.3 is 0 Å². The van der Waals surface area contributed by atoms with E-state index in [1.807, 2.05) is 13.8 Å². The van der Waals surface area contributed by atoms with Crippen LogP contribution in [0.1, 0.15) is 79.6 Å². The van der Waals surface area contributed by atoms with Crippen LogP contribution in [0.4, 0.5) is 4.39 Å². The third-order valence-corrected chi connectivity index (χ3v) is 7.43. The first-order chi connectivity index (χ1) is 12.9. The minimum atomic E-state index is -3.49. The van der Waals surface area contributed by atoms with E-state index in [4.69, 9.17) is 4.74 Å². The van der Waals surface area contributed by atoms with E-state index in [9.17, 15) is 12.8 Å². The molecule has 2 rings (SSSR count). The maximum atomic E-state index is 14.0. The lowest BCUT2D eigenvalue weighted by Crippen LogP contribution is -2.24. The summed E-state index contributed by atoms with van der Waals surface area (Å²) in [7, 11) is -3.49. The molecule has 0 heterocycles. The zero-order chi connectivity index (χ0) is 21.0. The van der Waals surface area contributed by atoms with Crippen molar-refractivity contribution >= 4 is 9.84 Å². The van der Waals surface area contributed by atoms with Gasteiger partial charge in [0.05, 0.1) is 17.3 Å². The molecule has 0 N–H and O–H groups in total. The van der Waals surface area contributed by atoms with Gasteiger partial charge in [0.15, 0.2) is 21.4 Å². The van der Waals surface area contributed by atoms with Crippen molar-refractivity contribution in [3.8, 4) is 5.75 Å². The average molecular weight is 413 g/mol. The molecule has 3 nitrogen and oxygen atoms in total. The fourth-order valence-electron chi connectivity index (χ4n) is 3.39. The second-order valence-electron chi connectivity index (χ2n) is 10.4. The predicted molar refractivity (Wildman–Crippen MR) is 113 cm³/mol. The summed E-state index contributed by atoms with van der Waals surface area (Å²) in [5, 5.41) is 0. The monoisotopic (exact) mass is 412 g/mol. The van der Waals surface area contributed by atoms with Gasteiger partial charge in [0, 0.05) is 6.07 Å². The number of ether oxygens (including phenoxy) is 1. The van der Waals surface area contributed by atoms with Crippen LogP contribution in [0.2, 0.25) is 0 Å². The van der Waals surface area contributed by atoms with Crippen LogP contribution < -0.4 is 4.74 Å². The van der Waals surface area contributed by atoms with Crippen molar-refractivity contribution in [3.05, 3.63) is 24.0 Å². The topological polar surface area (TPSA) is 43.4 Å². The molecule has 160 valence electrons. The summed E-state index contributed by atoms with van der Waals surface area (Å²) in [5.41, 5.74) is 0.0325. The van der Waals surface area contributed by atoms with E-state index in [0.717, 1.165) is 32.1 Å². The zero-order valence-electron chi connectivity index (χ0n) is 18.2. The van der Waals surface area contributed by atoms with Gasteiger partial charge in [-0.05, 0) is 54.6 Å². The summed E-state index contributed by atoms with van der Waals surface area (Å²) >= 11 is 0. The highest BCUT2D eigenvalue weighted by Crippen LogP contribution is 2.33. The van der Waals surface area contributed by atoms with Gasteiger partial charge in [0.2, 0.25) is 0 Å². The van der Waals surface area contributed by atoms with Crippen molar-refractivity contribution in [1.29, 1.82) is 0 Å². The average Bonchev–Trinajstić information content (AvgIpc) is 3.35. The van der Waals surface area contributed by atoms with Crippen molar-refractivity contribution in [2.75, 3.05) is 12.4 Å². The van der Waals surface area contributed by atoms with Crippen molar-refractivity contribution in [2.45, 2.75) is 84.5 Å². The van der Waals surface area contributed by atoms with Crippen molar-refractivity contribution in [2.24, 2.45) is 16.7 Å². The summed E-state index contributed by atoms with van der Waals surface area (Å²) in [6, 6.07) is 3.91. The summed E-state index contributed by atoms with van der Waals surface area (Å²) in [4.78, 5) is 0.153. The summed E-state index contributed by atoms with van der Waals surface area (Å²) in [6.07, 6.45) is 7.57. The van der Waals surface area contributed by atoms with Gasteiger partial charge < -0.3 is 4.74 Å². The van der Waals surface area contributed by atoms with Crippen molar-refractivity contribution in [3.63, 3.8) is 0 Å². The maximum Gasteiger partial charge on any atom is 0.179 e. The summed E-state index contributed by atoms with van der Waals surface area (Å²) in [6.45, 7) is 11.2. The third kappa shape index (κ3) is 8.10. The number of unbranched alkanes of at least 4 members (excludes halogenated alkanes) is 2. The quantitative estimate of drug-likeness (QED) is 0.311. The highest BCUT2D eigenvalue weighted by molar-refractivity contribution is 7.91. The predicted octanol–water partition coefficient (Wildman–Crippen LogP) is 6.41. The van der Waals surface area contributed by atoms with Gasteiger partial charge in [-0.15, -0.1) is 0 Å². The molecule has 1 aromatic rings. The minimum Gasteiger partial charge on any atom is -0.490 e. The first kappa shape index (κ1) is 23.2. The lowest BCUT2D eigenvalue weighted by Gasteiger charge is -2.25. The second kappa shape index (κ2) is 9.15. The maximum absolute atomic E-state index is 14.0.